The molecule has 0 bridgehead atoms. The molecule has 0 fully saturated rings. The normalized spacial score (nSPS) is 11.4. The van der Waals surface area contributed by atoms with Gasteiger partial charge in [-0.1, -0.05) is 12.1 Å². The van der Waals surface area contributed by atoms with Gasteiger partial charge in [-0.25, -0.2) is 0 Å². The fraction of sp³-hybridized carbons (Fsp3) is 0.182. The van der Waals surface area contributed by atoms with Gasteiger partial charge in [-0.15, -0.1) is 11.3 Å². The van der Waals surface area contributed by atoms with Crippen LogP contribution in [0.5, 0.6) is 0 Å². The third-order valence-electron chi connectivity index (χ3n) is 4.56. The van der Waals surface area contributed by atoms with Crippen molar-refractivity contribution in [3.05, 3.63) is 71.2 Å². The van der Waals surface area contributed by atoms with Gasteiger partial charge in [-0.05, 0) is 74.6 Å². The molecule has 0 aliphatic rings. The number of aryl methyl sites for hydroxylation is 1. The summed E-state index contributed by atoms with van der Waals surface area (Å²) in [4.78, 5) is 8.16. The second kappa shape index (κ2) is 6.98. The van der Waals surface area contributed by atoms with E-state index >= 15 is 0 Å². The van der Waals surface area contributed by atoms with E-state index in [0.717, 1.165) is 17.9 Å². The van der Waals surface area contributed by atoms with E-state index in [1.165, 1.54) is 31.8 Å². The van der Waals surface area contributed by atoms with Crippen molar-refractivity contribution in [2.45, 2.75) is 13.5 Å². The molecule has 4 aromatic rings. The van der Waals surface area contributed by atoms with Gasteiger partial charge in [0.25, 0.3) is 0 Å². The SMILES string of the molecule is Cc1c(Nc2cccc(-c3ccc(CN(C)C)s3)c2)ccc2[nH]ccc12. The van der Waals surface area contributed by atoms with Crippen LogP contribution in [0.2, 0.25) is 0 Å². The zero-order valence-electron chi connectivity index (χ0n) is 15.3. The summed E-state index contributed by atoms with van der Waals surface area (Å²) in [5.41, 5.74) is 5.95. The number of fused-ring (bicyclic) bond motifs is 1. The molecule has 2 aromatic heterocycles. The standard InChI is InChI=1S/C22H23N3S/c1-15-19-11-12-23-21(19)9-8-20(15)24-17-6-4-5-16(13-17)22-10-7-18(26-22)14-25(2)3/h4-13,23-24H,14H2,1-3H3. The quantitative estimate of drug-likeness (QED) is 0.456. The monoisotopic (exact) mass is 361 g/mol. The maximum Gasteiger partial charge on any atom is 0.0458 e. The zero-order valence-corrected chi connectivity index (χ0v) is 16.2. The van der Waals surface area contributed by atoms with Crippen LogP contribution in [0.4, 0.5) is 11.4 Å². The van der Waals surface area contributed by atoms with Crippen LogP contribution in [0.3, 0.4) is 0 Å². The highest BCUT2D eigenvalue weighted by molar-refractivity contribution is 7.15. The molecule has 2 N–H and O–H groups in total. The minimum absolute atomic E-state index is 0.985. The smallest absolute Gasteiger partial charge is 0.0458 e. The molecule has 0 spiro atoms. The van der Waals surface area contributed by atoms with Gasteiger partial charge in [-0.3, -0.25) is 0 Å². The van der Waals surface area contributed by atoms with Crippen LogP contribution in [-0.4, -0.2) is 24.0 Å². The van der Waals surface area contributed by atoms with E-state index < -0.39 is 0 Å². The van der Waals surface area contributed by atoms with Gasteiger partial charge in [0.15, 0.2) is 0 Å². The number of benzene rings is 2. The Morgan fingerprint density at radius 1 is 1.04 bits per heavy atom. The topological polar surface area (TPSA) is 31.1 Å². The van der Waals surface area contributed by atoms with Crippen molar-refractivity contribution in [2.75, 3.05) is 19.4 Å². The minimum Gasteiger partial charge on any atom is -0.361 e. The van der Waals surface area contributed by atoms with E-state index in [1.807, 2.05) is 17.5 Å². The van der Waals surface area contributed by atoms with Crippen molar-refractivity contribution in [3.8, 4) is 10.4 Å². The molecule has 4 rings (SSSR count). The lowest BCUT2D eigenvalue weighted by molar-refractivity contribution is 0.406. The predicted molar refractivity (Wildman–Crippen MR) is 113 cm³/mol. The number of nitrogens with zero attached hydrogens (tertiary/aromatic N) is 1. The second-order valence-corrected chi connectivity index (χ2v) is 8.05. The first kappa shape index (κ1) is 16.9. The third kappa shape index (κ3) is 3.39. The Hall–Kier alpha value is -2.56. The van der Waals surface area contributed by atoms with Crippen molar-refractivity contribution in [3.63, 3.8) is 0 Å². The van der Waals surface area contributed by atoms with Crippen molar-refractivity contribution in [2.24, 2.45) is 0 Å². The number of aromatic amines is 1. The van der Waals surface area contributed by atoms with Crippen LogP contribution in [0.1, 0.15) is 10.4 Å². The second-order valence-electron chi connectivity index (χ2n) is 6.89. The summed E-state index contributed by atoms with van der Waals surface area (Å²) in [6, 6.07) is 19.5. The molecular weight excluding hydrogens is 338 g/mol. The molecule has 0 aliphatic carbocycles. The van der Waals surface area contributed by atoms with Crippen LogP contribution < -0.4 is 5.32 Å². The first-order valence-electron chi connectivity index (χ1n) is 8.78. The number of anilines is 2. The van der Waals surface area contributed by atoms with Crippen molar-refractivity contribution < 1.29 is 0 Å². The molecule has 0 atom stereocenters. The van der Waals surface area contributed by atoms with E-state index in [1.54, 1.807) is 0 Å². The number of aromatic nitrogens is 1. The number of hydrogen-bond acceptors (Lipinski definition) is 3. The van der Waals surface area contributed by atoms with Gasteiger partial charge in [0.05, 0.1) is 0 Å². The van der Waals surface area contributed by atoms with Gasteiger partial charge in [0.1, 0.15) is 0 Å². The van der Waals surface area contributed by atoms with Crippen LogP contribution in [0, 0.1) is 6.92 Å². The average Bonchev–Trinajstić information content (AvgIpc) is 3.27. The van der Waals surface area contributed by atoms with Gasteiger partial charge in [0, 0.05) is 44.8 Å². The van der Waals surface area contributed by atoms with Crippen LogP contribution in [0.15, 0.2) is 60.8 Å². The lowest BCUT2D eigenvalue weighted by Crippen LogP contribution is -2.09. The Balaban J connectivity index is 1.61. The van der Waals surface area contributed by atoms with Crippen LogP contribution in [-0.2, 0) is 6.54 Å². The highest BCUT2D eigenvalue weighted by Gasteiger charge is 2.07. The molecule has 0 saturated carbocycles. The van der Waals surface area contributed by atoms with Crippen molar-refractivity contribution >= 4 is 33.6 Å². The zero-order chi connectivity index (χ0) is 18.1. The van der Waals surface area contributed by atoms with Crippen molar-refractivity contribution in [1.29, 1.82) is 0 Å². The Labute approximate surface area is 158 Å². The minimum atomic E-state index is 0.985. The number of hydrogen-bond donors (Lipinski definition) is 2. The largest absolute Gasteiger partial charge is 0.361 e. The summed E-state index contributed by atoms with van der Waals surface area (Å²) in [6.45, 7) is 3.15. The summed E-state index contributed by atoms with van der Waals surface area (Å²) < 4.78 is 0. The fourth-order valence-electron chi connectivity index (χ4n) is 3.25. The molecule has 0 unspecified atom stereocenters. The van der Waals surface area contributed by atoms with Gasteiger partial charge in [0.2, 0.25) is 0 Å². The summed E-state index contributed by atoms with van der Waals surface area (Å²) in [6.07, 6.45) is 1.99. The molecule has 3 nitrogen and oxygen atoms in total. The van der Waals surface area contributed by atoms with E-state index in [4.69, 9.17) is 0 Å². The summed E-state index contributed by atoms with van der Waals surface area (Å²) in [5.74, 6) is 0. The van der Waals surface area contributed by atoms with E-state index in [-0.39, 0.29) is 0 Å². The fourth-order valence-corrected chi connectivity index (χ4v) is 4.38. The van der Waals surface area contributed by atoms with Gasteiger partial charge < -0.3 is 15.2 Å². The maximum atomic E-state index is 3.59. The Bertz CT molecular complexity index is 1040. The molecule has 0 amide bonds. The first-order chi connectivity index (χ1) is 12.6. The highest BCUT2D eigenvalue weighted by Crippen LogP contribution is 2.32. The number of rotatable bonds is 5. The molecule has 132 valence electrons. The number of thiophene rings is 1. The van der Waals surface area contributed by atoms with Gasteiger partial charge in [-0.2, -0.15) is 0 Å². The lowest BCUT2D eigenvalue weighted by atomic mass is 10.1. The maximum absolute atomic E-state index is 3.59. The van der Waals surface area contributed by atoms with Crippen LogP contribution >= 0.6 is 11.3 Å². The molecule has 4 heteroatoms. The molecule has 0 saturated heterocycles. The Morgan fingerprint density at radius 3 is 2.77 bits per heavy atom. The number of nitrogens with one attached hydrogen (secondary N) is 2. The summed E-state index contributed by atoms with van der Waals surface area (Å²) >= 11 is 1.86. The van der Waals surface area contributed by atoms with Crippen molar-refractivity contribution in [1.82, 2.24) is 9.88 Å². The summed E-state index contributed by atoms with van der Waals surface area (Å²) in [7, 11) is 4.21. The Morgan fingerprint density at radius 2 is 1.92 bits per heavy atom. The lowest BCUT2D eigenvalue weighted by Gasteiger charge is -2.11. The highest BCUT2D eigenvalue weighted by atomic mass is 32.1. The molecule has 0 aliphatic heterocycles. The molecule has 2 aromatic carbocycles. The average molecular weight is 362 g/mol. The van der Waals surface area contributed by atoms with E-state index in [2.05, 4.69) is 90.8 Å². The first-order valence-corrected chi connectivity index (χ1v) is 9.59. The van der Waals surface area contributed by atoms with E-state index in [9.17, 15) is 0 Å². The summed E-state index contributed by atoms with van der Waals surface area (Å²) in [5, 5.41) is 4.85. The number of H-pyrrole nitrogens is 1. The molecule has 26 heavy (non-hydrogen) atoms. The van der Waals surface area contributed by atoms with Gasteiger partial charge >= 0.3 is 0 Å². The third-order valence-corrected chi connectivity index (χ3v) is 5.68. The predicted octanol–water partition coefficient (Wildman–Crippen LogP) is 6.01. The molecular formula is C22H23N3S. The Kier molecular flexibility index (Phi) is 4.53. The van der Waals surface area contributed by atoms with E-state index in [0.29, 0.717) is 0 Å². The molecule has 2 heterocycles. The molecule has 0 radical (unpaired) electrons. The van der Waals surface area contributed by atoms with Crippen LogP contribution in [0.25, 0.3) is 21.3 Å².